The first-order valence-electron chi connectivity index (χ1n) is 8.54. The molecule has 0 aliphatic carbocycles. The van der Waals surface area contributed by atoms with E-state index in [2.05, 4.69) is 53.4 Å². The fourth-order valence-corrected chi connectivity index (χ4v) is 4.17. The van der Waals surface area contributed by atoms with Crippen molar-refractivity contribution < 1.29 is 9.90 Å². The van der Waals surface area contributed by atoms with E-state index in [1.165, 1.54) is 16.7 Å². The Bertz CT molecular complexity index is 717. The van der Waals surface area contributed by atoms with Gasteiger partial charge < -0.3 is 10.0 Å². The second-order valence-electron chi connectivity index (χ2n) is 6.92. The zero-order valence-electron chi connectivity index (χ0n) is 13.6. The van der Waals surface area contributed by atoms with Crippen molar-refractivity contribution in [1.82, 2.24) is 9.80 Å². The molecule has 24 heavy (non-hydrogen) atoms. The van der Waals surface area contributed by atoms with E-state index in [-0.39, 0.29) is 0 Å². The van der Waals surface area contributed by atoms with Crippen LogP contribution in [0.4, 0.5) is 4.79 Å². The zero-order valence-corrected chi connectivity index (χ0v) is 13.6. The summed E-state index contributed by atoms with van der Waals surface area (Å²) in [6.07, 6.45) is -0.773. The van der Waals surface area contributed by atoms with E-state index in [1.54, 1.807) is 4.90 Å². The zero-order chi connectivity index (χ0) is 16.5. The summed E-state index contributed by atoms with van der Waals surface area (Å²) in [7, 11) is 0. The smallest absolute Gasteiger partial charge is 0.407 e. The fraction of sp³-hybridized carbons (Fsp3) is 0.350. The summed E-state index contributed by atoms with van der Waals surface area (Å²) in [5, 5.41) is 9.14. The highest BCUT2D eigenvalue weighted by atomic mass is 16.4. The number of carbonyl (C=O) groups is 1. The second kappa shape index (κ2) is 6.29. The van der Waals surface area contributed by atoms with Gasteiger partial charge in [-0.1, -0.05) is 54.6 Å². The summed E-state index contributed by atoms with van der Waals surface area (Å²) in [6.45, 7) is 4.31. The van der Waals surface area contributed by atoms with E-state index < -0.39 is 6.09 Å². The third-order valence-corrected chi connectivity index (χ3v) is 5.33. The number of rotatable bonds is 3. The minimum absolute atomic E-state index is 0.491. The van der Waals surface area contributed by atoms with Gasteiger partial charge in [0.1, 0.15) is 0 Å². The van der Waals surface area contributed by atoms with Crippen molar-refractivity contribution in [3.05, 3.63) is 60.2 Å². The van der Waals surface area contributed by atoms with Gasteiger partial charge in [0.05, 0.1) is 0 Å². The van der Waals surface area contributed by atoms with Crippen LogP contribution in [0.3, 0.4) is 0 Å². The number of benzene rings is 2. The number of hydrogen-bond acceptors (Lipinski definition) is 2. The van der Waals surface area contributed by atoms with Crippen LogP contribution in [0, 0.1) is 11.8 Å². The van der Waals surface area contributed by atoms with Crippen LogP contribution in [-0.2, 0) is 6.54 Å². The van der Waals surface area contributed by atoms with Gasteiger partial charge in [-0.3, -0.25) is 4.90 Å². The highest BCUT2D eigenvalue weighted by Crippen LogP contribution is 2.33. The van der Waals surface area contributed by atoms with E-state index in [4.69, 9.17) is 5.11 Å². The third kappa shape index (κ3) is 2.89. The maximum absolute atomic E-state index is 11.1. The van der Waals surface area contributed by atoms with E-state index in [1.807, 2.05) is 6.07 Å². The van der Waals surface area contributed by atoms with Gasteiger partial charge in [-0.15, -0.1) is 0 Å². The Morgan fingerprint density at radius 3 is 2.21 bits per heavy atom. The van der Waals surface area contributed by atoms with Crippen molar-refractivity contribution in [2.24, 2.45) is 11.8 Å². The topological polar surface area (TPSA) is 43.8 Å². The first kappa shape index (κ1) is 15.2. The molecular formula is C20H22N2O2. The van der Waals surface area contributed by atoms with Crippen LogP contribution in [-0.4, -0.2) is 47.2 Å². The molecule has 2 atom stereocenters. The lowest BCUT2D eigenvalue weighted by Gasteiger charge is -2.21. The molecule has 2 aliphatic rings. The lowest BCUT2D eigenvalue weighted by molar-refractivity contribution is 0.148. The predicted molar refractivity (Wildman–Crippen MR) is 93.7 cm³/mol. The molecule has 4 rings (SSSR count). The molecule has 0 aromatic heterocycles. The molecule has 0 bridgehead atoms. The number of carboxylic acid groups (broad SMARTS) is 1. The predicted octanol–water partition coefficient (Wildman–Crippen LogP) is 3.40. The maximum Gasteiger partial charge on any atom is 0.407 e. The van der Waals surface area contributed by atoms with Gasteiger partial charge in [0.25, 0.3) is 0 Å². The van der Waals surface area contributed by atoms with Crippen molar-refractivity contribution in [3.8, 4) is 11.1 Å². The van der Waals surface area contributed by atoms with E-state index in [0.29, 0.717) is 24.9 Å². The Balaban J connectivity index is 1.48. The van der Waals surface area contributed by atoms with Gasteiger partial charge in [0, 0.05) is 32.7 Å². The van der Waals surface area contributed by atoms with Crippen LogP contribution in [0.1, 0.15) is 5.56 Å². The number of nitrogens with zero attached hydrogens (tertiary/aromatic N) is 2. The second-order valence-corrected chi connectivity index (χ2v) is 6.92. The van der Waals surface area contributed by atoms with Crippen LogP contribution >= 0.6 is 0 Å². The van der Waals surface area contributed by atoms with Crippen LogP contribution < -0.4 is 0 Å². The van der Waals surface area contributed by atoms with Crippen molar-refractivity contribution in [2.45, 2.75) is 6.54 Å². The summed E-state index contributed by atoms with van der Waals surface area (Å²) in [4.78, 5) is 15.2. The van der Waals surface area contributed by atoms with Crippen LogP contribution in [0.25, 0.3) is 11.1 Å². The van der Waals surface area contributed by atoms with Crippen molar-refractivity contribution in [3.63, 3.8) is 0 Å². The summed E-state index contributed by atoms with van der Waals surface area (Å²) in [5.74, 6) is 0.981. The Kier molecular flexibility index (Phi) is 3.98. The van der Waals surface area contributed by atoms with E-state index >= 15 is 0 Å². The molecular weight excluding hydrogens is 300 g/mol. The molecule has 0 spiro atoms. The Labute approximate surface area is 142 Å². The normalized spacial score (nSPS) is 23.4. The number of hydrogen-bond donors (Lipinski definition) is 1. The van der Waals surface area contributed by atoms with Crippen LogP contribution in [0.5, 0.6) is 0 Å². The van der Waals surface area contributed by atoms with Gasteiger partial charge in [0.15, 0.2) is 0 Å². The quantitative estimate of drug-likeness (QED) is 0.942. The Hall–Kier alpha value is -2.33. The molecule has 2 aliphatic heterocycles. The van der Waals surface area contributed by atoms with Gasteiger partial charge in [-0.25, -0.2) is 4.79 Å². The van der Waals surface area contributed by atoms with Crippen molar-refractivity contribution in [1.29, 1.82) is 0 Å². The molecule has 2 fully saturated rings. The SMILES string of the molecule is O=C(O)N1CC2CN(Cc3ccccc3-c3ccccc3)CC2C1. The van der Waals surface area contributed by atoms with Crippen molar-refractivity contribution in [2.75, 3.05) is 26.2 Å². The highest BCUT2D eigenvalue weighted by Gasteiger charge is 2.41. The fourth-order valence-electron chi connectivity index (χ4n) is 4.17. The first-order chi connectivity index (χ1) is 11.7. The largest absolute Gasteiger partial charge is 0.465 e. The summed E-state index contributed by atoms with van der Waals surface area (Å²) in [6, 6.07) is 19.1. The first-order valence-corrected chi connectivity index (χ1v) is 8.54. The Morgan fingerprint density at radius 2 is 1.54 bits per heavy atom. The molecule has 124 valence electrons. The molecule has 2 aromatic carbocycles. The van der Waals surface area contributed by atoms with Crippen LogP contribution in [0.2, 0.25) is 0 Å². The van der Waals surface area contributed by atoms with Gasteiger partial charge in [-0.05, 0) is 28.5 Å². The molecule has 0 radical (unpaired) electrons. The van der Waals surface area contributed by atoms with Crippen molar-refractivity contribution >= 4 is 6.09 Å². The lowest BCUT2D eigenvalue weighted by Crippen LogP contribution is -2.32. The van der Waals surface area contributed by atoms with E-state index in [0.717, 1.165) is 19.6 Å². The summed E-state index contributed by atoms with van der Waals surface area (Å²) in [5.41, 5.74) is 3.89. The molecule has 4 nitrogen and oxygen atoms in total. The molecule has 1 amide bonds. The third-order valence-electron chi connectivity index (χ3n) is 5.33. The van der Waals surface area contributed by atoms with Gasteiger partial charge in [0.2, 0.25) is 0 Å². The van der Waals surface area contributed by atoms with Crippen LogP contribution in [0.15, 0.2) is 54.6 Å². The number of likely N-dealkylation sites (tertiary alicyclic amines) is 2. The lowest BCUT2D eigenvalue weighted by atomic mass is 9.99. The highest BCUT2D eigenvalue weighted by molar-refractivity contribution is 5.67. The maximum atomic E-state index is 11.1. The monoisotopic (exact) mass is 322 g/mol. The minimum Gasteiger partial charge on any atom is -0.465 e. The van der Waals surface area contributed by atoms with Gasteiger partial charge >= 0.3 is 6.09 Å². The summed E-state index contributed by atoms with van der Waals surface area (Å²) < 4.78 is 0. The van der Waals surface area contributed by atoms with Gasteiger partial charge in [-0.2, -0.15) is 0 Å². The molecule has 2 heterocycles. The molecule has 2 saturated heterocycles. The summed E-state index contributed by atoms with van der Waals surface area (Å²) >= 11 is 0. The Morgan fingerprint density at radius 1 is 0.917 bits per heavy atom. The molecule has 2 aromatic rings. The molecule has 2 unspecified atom stereocenters. The molecule has 1 N–H and O–H groups in total. The average molecular weight is 322 g/mol. The minimum atomic E-state index is -0.773. The number of amides is 1. The average Bonchev–Trinajstić information content (AvgIpc) is 3.15. The molecule has 4 heteroatoms. The standard InChI is InChI=1S/C20H22N2O2/c23-20(24)22-13-17-11-21(12-18(17)14-22)10-16-8-4-5-9-19(16)15-6-2-1-3-7-15/h1-9,17-18H,10-14H2,(H,23,24). The molecule has 0 saturated carbocycles. The number of fused-ring (bicyclic) bond motifs is 1. The van der Waals surface area contributed by atoms with E-state index in [9.17, 15) is 4.79 Å².